The van der Waals surface area contributed by atoms with Crippen molar-refractivity contribution in [3.8, 4) is 0 Å². The molecule has 2 amide bonds. The molecule has 3 nitrogen and oxygen atoms in total. The molecule has 0 spiro atoms. The molecule has 0 aliphatic rings. The summed E-state index contributed by atoms with van der Waals surface area (Å²) in [4.78, 5) is 11.9. The van der Waals surface area contributed by atoms with E-state index in [1.807, 2.05) is 37.3 Å². The van der Waals surface area contributed by atoms with Crippen LogP contribution < -0.4 is 10.6 Å². The zero-order valence-corrected chi connectivity index (χ0v) is 12.4. The van der Waals surface area contributed by atoms with Crippen LogP contribution in [0, 0.1) is 0 Å². The van der Waals surface area contributed by atoms with Crippen molar-refractivity contribution in [2.75, 3.05) is 5.32 Å². The number of hydrogen-bond donors (Lipinski definition) is 2. The summed E-state index contributed by atoms with van der Waals surface area (Å²) in [6.07, 6.45) is 0. The molecule has 0 aromatic heterocycles. The van der Waals surface area contributed by atoms with Gasteiger partial charge in [-0.05, 0) is 30.7 Å². The molecule has 2 aromatic carbocycles. The van der Waals surface area contributed by atoms with Crippen LogP contribution in [0.4, 0.5) is 10.5 Å². The minimum Gasteiger partial charge on any atom is -0.331 e. The molecular formula is C15H14Cl2N2O. The number of urea groups is 1. The quantitative estimate of drug-likeness (QED) is 0.834. The molecule has 1 unspecified atom stereocenters. The fraction of sp³-hybridized carbons (Fsp3) is 0.133. The zero-order valence-electron chi connectivity index (χ0n) is 10.9. The summed E-state index contributed by atoms with van der Waals surface area (Å²) in [6, 6.07) is 14.2. The average molecular weight is 309 g/mol. The molecule has 0 saturated heterocycles. The summed E-state index contributed by atoms with van der Waals surface area (Å²) in [5.41, 5.74) is 1.59. The lowest BCUT2D eigenvalue weighted by molar-refractivity contribution is 0.249. The highest BCUT2D eigenvalue weighted by atomic mass is 35.5. The first kappa shape index (κ1) is 14.7. The van der Waals surface area contributed by atoms with E-state index in [1.54, 1.807) is 18.2 Å². The summed E-state index contributed by atoms with van der Waals surface area (Å²) < 4.78 is 0. The number of amides is 2. The molecule has 2 aromatic rings. The molecule has 0 heterocycles. The molecular weight excluding hydrogens is 295 g/mol. The van der Waals surface area contributed by atoms with E-state index in [-0.39, 0.29) is 12.1 Å². The van der Waals surface area contributed by atoms with Crippen LogP contribution in [0.1, 0.15) is 18.5 Å². The summed E-state index contributed by atoms with van der Waals surface area (Å²) in [5, 5.41) is 6.50. The second kappa shape index (κ2) is 6.64. The predicted octanol–water partition coefficient (Wildman–Crippen LogP) is 4.88. The topological polar surface area (TPSA) is 41.1 Å². The fourth-order valence-corrected chi connectivity index (χ4v) is 2.34. The Morgan fingerprint density at radius 3 is 2.25 bits per heavy atom. The molecule has 0 radical (unpaired) electrons. The standard InChI is InChI=1S/C15H14Cl2N2O/c1-10(11-5-3-2-4-6-11)18-15(20)19-14-8-12(16)7-13(17)9-14/h2-10H,1H3,(H2,18,19,20). The molecule has 0 aliphatic carbocycles. The van der Waals surface area contributed by atoms with Gasteiger partial charge >= 0.3 is 6.03 Å². The molecule has 0 bridgehead atoms. The van der Waals surface area contributed by atoms with E-state index >= 15 is 0 Å². The van der Waals surface area contributed by atoms with Crippen molar-refractivity contribution in [3.05, 3.63) is 64.1 Å². The van der Waals surface area contributed by atoms with Gasteiger partial charge in [0.15, 0.2) is 0 Å². The number of carbonyl (C=O) groups excluding carboxylic acids is 1. The largest absolute Gasteiger partial charge is 0.331 e. The lowest BCUT2D eigenvalue weighted by atomic mass is 10.1. The van der Waals surface area contributed by atoms with E-state index in [4.69, 9.17) is 23.2 Å². The van der Waals surface area contributed by atoms with Gasteiger partial charge in [0.25, 0.3) is 0 Å². The Labute approximate surface area is 127 Å². The lowest BCUT2D eigenvalue weighted by Gasteiger charge is -2.15. The van der Waals surface area contributed by atoms with Crippen LogP contribution in [0.15, 0.2) is 48.5 Å². The second-order valence-corrected chi connectivity index (χ2v) is 5.26. The zero-order chi connectivity index (χ0) is 14.5. The first-order valence-corrected chi connectivity index (χ1v) is 6.89. The van der Waals surface area contributed by atoms with Crippen LogP contribution in [0.25, 0.3) is 0 Å². The van der Waals surface area contributed by atoms with Crippen molar-refractivity contribution in [1.82, 2.24) is 5.32 Å². The summed E-state index contributed by atoms with van der Waals surface area (Å²) >= 11 is 11.8. The number of rotatable bonds is 3. The fourth-order valence-electron chi connectivity index (χ4n) is 1.81. The van der Waals surface area contributed by atoms with Gasteiger partial charge < -0.3 is 10.6 Å². The first-order chi connectivity index (χ1) is 9.54. The smallest absolute Gasteiger partial charge is 0.319 e. The minimum atomic E-state index is -0.306. The molecule has 0 aliphatic heterocycles. The third-order valence-electron chi connectivity index (χ3n) is 2.77. The van der Waals surface area contributed by atoms with Crippen molar-refractivity contribution in [3.63, 3.8) is 0 Å². The molecule has 20 heavy (non-hydrogen) atoms. The number of hydrogen-bond acceptors (Lipinski definition) is 1. The van der Waals surface area contributed by atoms with E-state index in [0.29, 0.717) is 15.7 Å². The van der Waals surface area contributed by atoms with Gasteiger partial charge in [0.05, 0.1) is 6.04 Å². The molecule has 2 rings (SSSR count). The Hall–Kier alpha value is -1.71. The molecule has 2 N–H and O–H groups in total. The van der Waals surface area contributed by atoms with E-state index in [2.05, 4.69) is 10.6 Å². The maximum Gasteiger partial charge on any atom is 0.319 e. The molecule has 5 heteroatoms. The Bertz CT molecular complexity index is 582. The number of carbonyl (C=O) groups is 1. The Balaban J connectivity index is 1.99. The van der Waals surface area contributed by atoms with Crippen LogP contribution in [0.3, 0.4) is 0 Å². The lowest BCUT2D eigenvalue weighted by Crippen LogP contribution is -2.31. The van der Waals surface area contributed by atoms with E-state index < -0.39 is 0 Å². The Morgan fingerprint density at radius 2 is 1.65 bits per heavy atom. The van der Waals surface area contributed by atoms with Crippen LogP contribution in [0.2, 0.25) is 10.0 Å². The predicted molar refractivity (Wildman–Crippen MR) is 83.5 cm³/mol. The molecule has 0 fully saturated rings. The maximum atomic E-state index is 11.9. The Kier molecular flexibility index (Phi) is 4.88. The second-order valence-electron chi connectivity index (χ2n) is 4.39. The monoisotopic (exact) mass is 308 g/mol. The summed E-state index contributed by atoms with van der Waals surface area (Å²) in [6.45, 7) is 1.92. The van der Waals surface area contributed by atoms with Crippen LogP contribution in [-0.2, 0) is 0 Å². The van der Waals surface area contributed by atoms with Gasteiger partial charge in [-0.1, -0.05) is 53.5 Å². The molecule has 104 valence electrons. The van der Waals surface area contributed by atoms with E-state index in [0.717, 1.165) is 5.56 Å². The number of anilines is 1. The van der Waals surface area contributed by atoms with Gasteiger partial charge in [0.2, 0.25) is 0 Å². The van der Waals surface area contributed by atoms with Gasteiger partial charge in [0.1, 0.15) is 0 Å². The van der Waals surface area contributed by atoms with Crippen molar-refractivity contribution in [1.29, 1.82) is 0 Å². The van der Waals surface area contributed by atoms with Crippen molar-refractivity contribution < 1.29 is 4.79 Å². The Morgan fingerprint density at radius 1 is 1.05 bits per heavy atom. The normalized spacial score (nSPS) is 11.8. The third kappa shape index (κ3) is 4.15. The van der Waals surface area contributed by atoms with Gasteiger partial charge in [0, 0.05) is 15.7 Å². The van der Waals surface area contributed by atoms with Crippen LogP contribution in [0.5, 0.6) is 0 Å². The molecule has 1 atom stereocenters. The first-order valence-electron chi connectivity index (χ1n) is 6.13. The van der Waals surface area contributed by atoms with E-state index in [9.17, 15) is 4.79 Å². The minimum absolute atomic E-state index is 0.0918. The van der Waals surface area contributed by atoms with E-state index in [1.165, 1.54) is 0 Å². The maximum absolute atomic E-state index is 11.9. The van der Waals surface area contributed by atoms with Crippen molar-refractivity contribution in [2.45, 2.75) is 13.0 Å². The molecule has 0 saturated carbocycles. The third-order valence-corrected chi connectivity index (χ3v) is 3.20. The highest BCUT2D eigenvalue weighted by Crippen LogP contribution is 2.22. The van der Waals surface area contributed by atoms with Crippen LogP contribution >= 0.6 is 23.2 Å². The van der Waals surface area contributed by atoms with Gasteiger partial charge in [-0.2, -0.15) is 0 Å². The van der Waals surface area contributed by atoms with Crippen molar-refractivity contribution >= 4 is 34.9 Å². The number of nitrogens with one attached hydrogen (secondary N) is 2. The number of benzene rings is 2. The highest BCUT2D eigenvalue weighted by Gasteiger charge is 2.09. The van der Waals surface area contributed by atoms with Crippen LogP contribution in [-0.4, -0.2) is 6.03 Å². The van der Waals surface area contributed by atoms with Gasteiger partial charge in [-0.3, -0.25) is 0 Å². The van der Waals surface area contributed by atoms with Gasteiger partial charge in [-0.15, -0.1) is 0 Å². The van der Waals surface area contributed by atoms with Gasteiger partial charge in [-0.25, -0.2) is 4.79 Å². The number of halogens is 2. The SMILES string of the molecule is CC(NC(=O)Nc1cc(Cl)cc(Cl)c1)c1ccccc1. The average Bonchev–Trinajstić information content (AvgIpc) is 2.38. The summed E-state index contributed by atoms with van der Waals surface area (Å²) in [5.74, 6) is 0. The summed E-state index contributed by atoms with van der Waals surface area (Å²) in [7, 11) is 0. The highest BCUT2D eigenvalue weighted by molar-refractivity contribution is 6.35. The van der Waals surface area contributed by atoms with Crippen molar-refractivity contribution in [2.24, 2.45) is 0 Å².